The number of aromatic nitrogens is 2. The molecule has 2 heteroatoms. The summed E-state index contributed by atoms with van der Waals surface area (Å²) in [5.41, 5.74) is 4.20. The highest BCUT2D eigenvalue weighted by Crippen LogP contribution is 2.29. The second-order valence-corrected chi connectivity index (χ2v) is 5.18. The summed E-state index contributed by atoms with van der Waals surface area (Å²) in [4.78, 5) is 9.02. The first kappa shape index (κ1) is 12.7. The van der Waals surface area contributed by atoms with Crippen molar-refractivity contribution in [3.8, 4) is 22.5 Å². The van der Waals surface area contributed by atoms with Gasteiger partial charge in [-0.05, 0) is 29.7 Å². The zero-order valence-corrected chi connectivity index (χ0v) is 12.0. The van der Waals surface area contributed by atoms with Crippen molar-refractivity contribution in [2.45, 2.75) is 0 Å². The van der Waals surface area contributed by atoms with E-state index in [-0.39, 0.29) is 0 Å². The van der Waals surface area contributed by atoms with Gasteiger partial charge in [-0.1, -0.05) is 48.5 Å². The molecule has 0 atom stereocenters. The number of nitrogens with zero attached hydrogens (tertiary/aromatic N) is 2. The largest absolute Gasteiger partial charge is 0.256 e. The van der Waals surface area contributed by atoms with Crippen LogP contribution < -0.4 is 0 Å². The second-order valence-electron chi connectivity index (χ2n) is 5.18. The smallest absolute Gasteiger partial charge is 0.0780 e. The molecule has 0 bridgehead atoms. The normalized spacial score (nSPS) is 10.7. The number of hydrogen-bond donors (Lipinski definition) is 0. The quantitative estimate of drug-likeness (QED) is 0.519. The SMILES string of the molecule is c1ccc(-c2cccc(-c3nccc4ccccc34)c2)nc1. The minimum atomic E-state index is 0.976. The van der Waals surface area contributed by atoms with Gasteiger partial charge in [0.1, 0.15) is 0 Å². The third kappa shape index (κ3) is 2.25. The lowest BCUT2D eigenvalue weighted by Gasteiger charge is -2.07. The Morgan fingerprint density at radius 3 is 2.36 bits per heavy atom. The molecule has 4 aromatic rings. The molecule has 0 amide bonds. The molecule has 0 aliphatic heterocycles. The molecule has 0 aliphatic rings. The van der Waals surface area contributed by atoms with E-state index in [0.717, 1.165) is 22.5 Å². The Morgan fingerprint density at radius 2 is 1.45 bits per heavy atom. The third-order valence-corrected chi connectivity index (χ3v) is 3.77. The van der Waals surface area contributed by atoms with Gasteiger partial charge in [0.15, 0.2) is 0 Å². The van der Waals surface area contributed by atoms with Crippen molar-refractivity contribution in [1.82, 2.24) is 9.97 Å². The number of pyridine rings is 2. The van der Waals surface area contributed by atoms with Crippen LogP contribution in [-0.2, 0) is 0 Å². The van der Waals surface area contributed by atoms with E-state index < -0.39 is 0 Å². The molecule has 0 fully saturated rings. The van der Waals surface area contributed by atoms with Gasteiger partial charge in [0.05, 0.1) is 11.4 Å². The van der Waals surface area contributed by atoms with Crippen LogP contribution in [0.4, 0.5) is 0 Å². The number of rotatable bonds is 2. The van der Waals surface area contributed by atoms with Crippen LogP contribution in [0.2, 0.25) is 0 Å². The van der Waals surface area contributed by atoms with Crippen LogP contribution >= 0.6 is 0 Å². The van der Waals surface area contributed by atoms with Gasteiger partial charge in [-0.15, -0.1) is 0 Å². The third-order valence-electron chi connectivity index (χ3n) is 3.77. The van der Waals surface area contributed by atoms with E-state index in [1.165, 1.54) is 10.8 Å². The molecule has 4 rings (SSSR count). The Labute approximate surface area is 129 Å². The van der Waals surface area contributed by atoms with Gasteiger partial charge >= 0.3 is 0 Å². The van der Waals surface area contributed by atoms with E-state index in [9.17, 15) is 0 Å². The predicted molar refractivity (Wildman–Crippen MR) is 90.4 cm³/mol. The van der Waals surface area contributed by atoms with Gasteiger partial charge in [-0.3, -0.25) is 9.97 Å². The van der Waals surface area contributed by atoms with Crippen molar-refractivity contribution >= 4 is 10.8 Å². The molecule has 0 aliphatic carbocycles. The summed E-state index contributed by atoms with van der Waals surface area (Å²) in [6.45, 7) is 0. The minimum absolute atomic E-state index is 0.976. The van der Waals surface area contributed by atoms with Crippen LogP contribution in [0.25, 0.3) is 33.3 Å². The zero-order chi connectivity index (χ0) is 14.8. The predicted octanol–water partition coefficient (Wildman–Crippen LogP) is 4.96. The van der Waals surface area contributed by atoms with Crippen molar-refractivity contribution in [1.29, 1.82) is 0 Å². The van der Waals surface area contributed by atoms with Crippen LogP contribution in [0.1, 0.15) is 0 Å². The molecule has 0 spiro atoms. The second kappa shape index (κ2) is 5.41. The Hall–Kier alpha value is -3.00. The fourth-order valence-corrected chi connectivity index (χ4v) is 2.71. The summed E-state index contributed by atoms with van der Waals surface area (Å²) in [6.07, 6.45) is 3.68. The molecule has 0 unspecified atom stereocenters. The Bertz CT molecular complexity index is 925. The maximum absolute atomic E-state index is 4.59. The van der Waals surface area contributed by atoms with Crippen molar-refractivity contribution in [3.05, 3.63) is 85.2 Å². The Balaban J connectivity index is 1.89. The van der Waals surface area contributed by atoms with Gasteiger partial charge in [0, 0.05) is 28.9 Å². The van der Waals surface area contributed by atoms with Crippen molar-refractivity contribution in [3.63, 3.8) is 0 Å². The van der Waals surface area contributed by atoms with Gasteiger partial charge in [-0.2, -0.15) is 0 Å². The molecule has 2 aromatic carbocycles. The van der Waals surface area contributed by atoms with Crippen LogP contribution in [0, 0.1) is 0 Å². The van der Waals surface area contributed by atoms with Crippen molar-refractivity contribution in [2.24, 2.45) is 0 Å². The van der Waals surface area contributed by atoms with Gasteiger partial charge in [0.2, 0.25) is 0 Å². The molecule has 2 heterocycles. The number of fused-ring (bicyclic) bond motifs is 1. The summed E-state index contributed by atoms with van der Waals surface area (Å²) in [5, 5.41) is 2.37. The van der Waals surface area contributed by atoms with E-state index in [1.807, 2.05) is 36.7 Å². The van der Waals surface area contributed by atoms with Crippen molar-refractivity contribution in [2.75, 3.05) is 0 Å². The molecule has 0 N–H and O–H groups in total. The highest BCUT2D eigenvalue weighted by Gasteiger charge is 2.06. The van der Waals surface area contributed by atoms with Crippen LogP contribution in [0.3, 0.4) is 0 Å². The summed E-state index contributed by atoms with van der Waals surface area (Å²) >= 11 is 0. The summed E-state index contributed by atoms with van der Waals surface area (Å²) in [5.74, 6) is 0. The minimum Gasteiger partial charge on any atom is -0.256 e. The van der Waals surface area contributed by atoms with Crippen molar-refractivity contribution < 1.29 is 0 Å². The molecular formula is C20H14N2. The topological polar surface area (TPSA) is 25.8 Å². The molecular weight excluding hydrogens is 268 g/mol. The number of benzene rings is 2. The average Bonchev–Trinajstić information content (AvgIpc) is 2.62. The fourth-order valence-electron chi connectivity index (χ4n) is 2.71. The van der Waals surface area contributed by atoms with E-state index in [2.05, 4.69) is 58.5 Å². The highest BCUT2D eigenvalue weighted by molar-refractivity contribution is 5.94. The van der Waals surface area contributed by atoms with Crippen LogP contribution in [0.15, 0.2) is 85.2 Å². The monoisotopic (exact) mass is 282 g/mol. The first-order valence-electron chi connectivity index (χ1n) is 7.27. The highest BCUT2D eigenvalue weighted by atomic mass is 14.7. The van der Waals surface area contributed by atoms with E-state index >= 15 is 0 Å². The lowest BCUT2D eigenvalue weighted by Crippen LogP contribution is -1.87. The Morgan fingerprint density at radius 1 is 0.591 bits per heavy atom. The molecule has 0 radical (unpaired) electrons. The summed E-state index contributed by atoms with van der Waals surface area (Å²) < 4.78 is 0. The first-order valence-corrected chi connectivity index (χ1v) is 7.27. The van der Waals surface area contributed by atoms with Gasteiger partial charge in [-0.25, -0.2) is 0 Å². The maximum atomic E-state index is 4.59. The van der Waals surface area contributed by atoms with E-state index in [4.69, 9.17) is 0 Å². The number of hydrogen-bond acceptors (Lipinski definition) is 2. The summed E-state index contributed by atoms with van der Waals surface area (Å²) in [6, 6.07) is 24.7. The molecule has 104 valence electrons. The van der Waals surface area contributed by atoms with Crippen LogP contribution in [0.5, 0.6) is 0 Å². The molecule has 22 heavy (non-hydrogen) atoms. The molecule has 2 nitrogen and oxygen atoms in total. The summed E-state index contributed by atoms with van der Waals surface area (Å²) in [7, 11) is 0. The first-order chi connectivity index (χ1) is 10.9. The van der Waals surface area contributed by atoms with Gasteiger partial charge < -0.3 is 0 Å². The van der Waals surface area contributed by atoms with Crippen LogP contribution in [-0.4, -0.2) is 9.97 Å². The average molecular weight is 282 g/mol. The van der Waals surface area contributed by atoms with E-state index in [0.29, 0.717) is 0 Å². The lowest BCUT2D eigenvalue weighted by atomic mass is 10.0. The van der Waals surface area contributed by atoms with Gasteiger partial charge in [0.25, 0.3) is 0 Å². The fraction of sp³-hybridized carbons (Fsp3) is 0. The standard InChI is InChI=1S/C20H14N2/c1-2-9-18-15(6-1)11-13-22-20(18)17-8-5-7-16(14-17)19-10-3-4-12-21-19/h1-14H. The Kier molecular flexibility index (Phi) is 3.13. The zero-order valence-electron chi connectivity index (χ0n) is 12.0. The van der Waals surface area contributed by atoms with E-state index in [1.54, 1.807) is 0 Å². The molecule has 2 aromatic heterocycles. The molecule has 0 saturated heterocycles. The molecule has 0 saturated carbocycles. The lowest BCUT2D eigenvalue weighted by molar-refractivity contribution is 1.32. The maximum Gasteiger partial charge on any atom is 0.0780 e.